The summed E-state index contributed by atoms with van der Waals surface area (Å²) in [5.41, 5.74) is 3.73. The second-order valence-corrected chi connectivity index (χ2v) is 8.10. The minimum Gasteiger partial charge on any atom is -0.377 e. The number of pyridine rings is 2. The van der Waals surface area contributed by atoms with Crippen LogP contribution in [-0.2, 0) is 17.8 Å². The Morgan fingerprint density at radius 2 is 2.06 bits per heavy atom. The quantitative estimate of drug-likeness (QED) is 0.549. The molecule has 1 unspecified atom stereocenters. The van der Waals surface area contributed by atoms with Crippen molar-refractivity contribution < 1.29 is 4.74 Å². The Morgan fingerprint density at radius 3 is 2.94 bits per heavy atom. The van der Waals surface area contributed by atoms with Crippen molar-refractivity contribution in [2.24, 2.45) is 0 Å². The average molecular weight is 416 g/mol. The summed E-state index contributed by atoms with van der Waals surface area (Å²) in [4.78, 5) is 19.0. The van der Waals surface area contributed by atoms with Gasteiger partial charge in [0.2, 0.25) is 0 Å². The lowest BCUT2D eigenvalue weighted by molar-refractivity contribution is 0.0986. The molecule has 0 spiro atoms. The second-order valence-electron chi connectivity index (χ2n) is 8.10. The van der Waals surface area contributed by atoms with Crippen LogP contribution in [0.15, 0.2) is 43.0 Å². The van der Waals surface area contributed by atoms with Crippen LogP contribution in [0.5, 0.6) is 0 Å². The maximum Gasteiger partial charge on any atom is 0.131 e. The Kier molecular flexibility index (Phi) is 4.34. The molecule has 1 fully saturated rings. The number of aromatic amines is 1. The summed E-state index contributed by atoms with van der Waals surface area (Å²) in [6, 6.07) is 6.48. The molecule has 1 N–H and O–H groups in total. The van der Waals surface area contributed by atoms with Gasteiger partial charge in [-0.3, -0.25) is 10.1 Å². The number of anilines is 2. The fourth-order valence-electron chi connectivity index (χ4n) is 4.56. The number of fused-ring (bicyclic) bond motifs is 2. The lowest BCUT2D eigenvalue weighted by Gasteiger charge is -2.36. The molecule has 0 radical (unpaired) electrons. The first-order valence-corrected chi connectivity index (χ1v) is 10.7. The van der Waals surface area contributed by atoms with E-state index in [-0.39, 0.29) is 6.04 Å². The molecule has 1 atom stereocenters. The van der Waals surface area contributed by atoms with Gasteiger partial charge in [-0.2, -0.15) is 5.10 Å². The summed E-state index contributed by atoms with van der Waals surface area (Å²) in [5.74, 6) is 2.04. The van der Waals surface area contributed by atoms with Crippen LogP contribution in [0.2, 0.25) is 0 Å². The van der Waals surface area contributed by atoms with Crippen LogP contribution in [0.3, 0.4) is 0 Å². The van der Waals surface area contributed by atoms with Gasteiger partial charge in [0.15, 0.2) is 0 Å². The summed E-state index contributed by atoms with van der Waals surface area (Å²) in [6.45, 7) is 7.03. The summed E-state index contributed by atoms with van der Waals surface area (Å²) >= 11 is 0. The average Bonchev–Trinajstić information content (AvgIpc) is 3.50. The minimum atomic E-state index is 0.263. The molecule has 6 heterocycles. The molecule has 0 aromatic carbocycles. The van der Waals surface area contributed by atoms with E-state index >= 15 is 0 Å². The number of nitrogens with zero attached hydrogens (tertiary/aromatic N) is 7. The molecule has 1 saturated heterocycles. The highest BCUT2D eigenvalue weighted by molar-refractivity contribution is 6.00. The number of rotatable bonds is 3. The van der Waals surface area contributed by atoms with Gasteiger partial charge in [0, 0.05) is 55.9 Å². The minimum absolute atomic E-state index is 0.263. The van der Waals surface area contributed by atoms with Crippen molar-refractivity contribution in [2.75, 3.05) is 36.1 Å². The molecule has 0 aliphatic carbocycles. The molecular formula is C22H24N8O. The molecule has 4 aromatic heterocycles. The molecule has 2 aliphatic rings. The molecular weight excluding hydrogens is 392 g/mol. The van der Waals surface area contributed by atoms with Gasteiger partial charge in [-0.25, -0.2) is 9.97 Å². The smallest absolute Gasteiger partial charge is 0.131 e. The van der Waals surface area contributed by atoms with E-state index in [1.165, 1.54) is 0 Å². The van der Waals surface area contributed by atoms with E-state index in [4.69, 9.17) is 9.72 Å². The van der Waals surface area contributed by atoms with Gasteiger partial charge in [-0.05, 0) is 19.1 Å². The molecule has 158 valence electrons. The van der Waals surface area contributed by atoms with Gasteiger partial charge < -0.3 is 19.1 Å². The molecule has 4 aromatic rings. The Hall–Kier alpha value is -3.46. The number of H-pyrrole nitrogens is 1. The van der Waals surface area contributed by atoms with Crippen molar-refractivity contribution >= 4 is 22.4 Å². The highest BCUT2D eigenvalue weighted by Gasteiger charge is 2.25. The zero-order valence-corrected chi connectivity index (χ0v) is 17.4. The Balaban J connectivity index is 1.54. The zero-order chi connectivity index (χ0) is 20.8. The van der Waals surface area contributed by atoms with Crippen LogP contribution in [0, 0.1) is 0 Å². The van der Waals surface area contributed by atoms with Gasteiger partial charge in [-0.1, -0.05) is 0 Å². The van der Waals surface area contributed by atoms with E-state index in [0.29, 0.717) is 13.2 Å². The van der Waals surface area contributed by atoms with Gasteiger partial charge in [0.1, 0.15) is 22.9 Å². The third kappa shape index (κ3) is 3.12. The van der Waals surface area contributed by atoms with E-state index in [9.17, 15) is 0 Å². The SMILES string of the molecule is CC1COCCN1c1cc(N2CCn3ccnc3C2)c2ccnc(-c3ccn[nH]3)c2n1. The first-order chi connectivity index (χ1) is 15.3. The van der Waals surface area contributed by atoms with Crippen LogP contribution in [0.1, 0.15) is 12.7 Å². The van der Waals surface area contributed by atoms with Gasteiger partial charge in [0.25, 0.3) is 0 Å². The van der Waals surface area contributed by atoms with Crippen LogP contribution < -0.4 is 9.80 Å². The highest BCUT2D eigenvalue weighted by Crippen LogP contribution is 2.36. The number of hydrogen-bond acceptors (Lipinski definition) is 7. The van der Waals surface area contributed by atoms with Crippen LogP contribution in [0.25, 0.3) is 22.3 Å². The van der Waals surface area contributed by atoms with E-state index in [1.54, 1.807) is 6.20 Å². The van der Waals surface area contributed by atoms with Crippen molar-refractivity contribution in [2.45, 2.75) is 26.1 Å². The predicted octanol–water partition coefficient (Wildman–Crippen LogP) is 2.46. The van der Waals surface area contributed by atoms with Crippen molar-refractivity contribution in [3.8, 4) is 11.4 Å². The Bertz CT molecular complexity index is 1220. The van der Waals surface area contributed by atoms with Crippen molar-refractivity contribution in [1.29, 1.82) is 0 Å². The number of morpholine rings is 1. The lowest BCUT2D eigenvalue weighted by atomic mass is 10.1. The third-order valence-electron chi connectivity index (χ3n) is 6.20. The summed E-state index contributed by atoms with van der Waals surface area (Å²) < 4.78 is 7.89. The summed E-state index contributed by atoms with van der Waals surface area (Å²) in [6.07, 6.45) is 7.53. The number of imidazole rings is 1. The van der Waals surface area contributed by atoms with Crippen molar-refractivity contribution in [1.82, 2.24) is 29.7 Å². The number of nitrogens with one attached hydrogen (secondary N) is 1. The molecule has 9 nitrogen and oxygen atoms in total. The summed E-state index contributed by atoms with van der Waals surface area (Å²) in [5, 5.41) is 8.26. The zero-order valence-electron chi connectivity index (χ0n) is 17.4. The van der Waals surface area contributed by atoms with Crippen LogP contribution in [-0.4, -0.2) is 62.1 Å². The van der Waals surface area contributed by atoms with E-state index in [1.807, 2.05) is 18.5 Å². The van der Waals surface area contributed by atoms with Gasteiger partial charge in [-0.15, -0.1) is 0 Å². The summed E-state index contributed by atoms with van der Waals surface area (Å²) in [7, 11) is 0. The number of hydrogen-bond donors (Lipinski definition) is 1. The van der Waals surface area contributed by atoms with Gasteiger partial charge >= 0.3 is 0 Å². The standard InChI is InChI=1S/C22H24N8O/c1-15-14-31-11-10-30(15)19-12-18(29-9-8-28-7-6-23-20(28)13-29)16-2-4-24-22(21(16)26-19)17-3-5-25-27-17/h2-7,12,15H,8-11,13-14H2,1H3,(H,25,27). The molecule has 31 heavy (non-hydrogen) atoms. The Morgan fingerprint density at radius 1 is 1.10 bits per heavy atom. The van der Waals surface area contributed by atoms with E-state index < -0.39 is 0 Å². The second kappa shape index (κ2) is 7.35. The molecule has 2 aliphatic heterocycles. The third-order valence-corrected chi connectivity index (χ3v) is 6.20. The fourth-order valence-corrected chi connectivity index (χ4v) is 4.56. The van der Waals surface area contributed by atoms with Crippen LogP contribution >= 0.6 is 0 Å². The van der Waals surface area contributed by atoms with E-state index in [2.05, 4.69) is 59.8 Å². The Labute approximate surface area is 179 Å². The normalized spacial score (nSPS) is 19.1. The molecule has 6 rings (SSSR count). The largest absolute Gasteiger partial charge is 0.377 e. The lowest BCUT2D eigenvalue weighted by Crippen LogP contribution is -2.44. The van der Waals surface area contributed by atoms with Crippen molar-refractivity contribution in [3.05, 3.63) is 48.8 Å². The molecule has 0 bridgehead atoms. The highest BCUT2D eigenvalue weighted by atomic mass is 16.5. The first kappa shape index (κ1) is 18.3. The van der Waals surface area contributed by atoms with Gasteiger partial charge in [0.05, 0.1) is 37.2 Å². The molecule has 0 saturated carbocycles. The topological polar surface area (TPSA) is 88.0 Å². The fraction of sp³-hybridized carbons (Fsp3) is 0.364. The molecule has 9 heteroatoms. The maximum absolute atomic E-state index is 5.66. The first-order valence-electron chi connectivity index (χ1n) is 10.7. The van der Waals surface area contributed by atoms with E-state index in [0.717, 1.165) is 65.8 Å². The predicted molar refractivity (Wildman–Crippen MR) is 118 cm³/mol. The monoisotopic (exact) mass is 416 g/mol. The number of aromatic nitrogens is 6. The van der Waals surface area contributed by atoms with Crippen molar-refractivity contribution in [3.63, 3.8) is 0 Å². The molecule has 0 amide bonds. The number of ether oxygens (including phenoxy) is 1. The van der Waals surface area contributed by atoms with Crippen LogP contribution in [0.4, 0.5) is 11.5 Å². The maximum atomic E-state index is 5.66.